The fourth-order valence-corrected chi connectivity index (χ4v) is 1.39. The van der Waals surface area contributed by atoms with Crippen molar-refractivity contribution in [3.63, 3.8) is 0 Å². The van der Waals surface area contributed by atoms with Gasteiger partial charge in [0.05, 0.1) is 20.1 Å². The van der Waals surface area contributed by atoms with Gasteiger partial charge < -0.3 is 14.8 Å². The number of methoxy groups -OCH3 is 2. The summed E-state index contributed by atoms with van der Waals surface area (Å²) in [5, 5.41) is 1.43. The van der Waals surface area contributed by atoms with Crippen molar-refractivity contribution >= 4 is 12.1 Å². The van der Waals surface area contributed by atoms with Crippen LogP contribution < -0.4 is 5.32 Å². The average molecular weight is 343 g/mol. The van der Waals surface area contributed by atoms with Crippen LogP contribution in [-0.2, 0) is 14.3 Å². The molecule has 0 aliphatic rings. The van der Waals surface area contributed by atoms with Gasteiger partial charge in [-0.1, -0.05) is 6.92 Å². The quantitative estimate of drug-likeness (QED) is 0.615. The van der Waals surface area contributed by atoms with Crippen molar-refractivity contribution in [1.29, 1.82) is 0 Å². The SMILES string of the molecule is COC(=O)NC(C(=O)OC)C(C)C(F)(F)C(F)(F)C(F)(F)F. The molecular formula is C10H12F7NO4. The van der Waals surface area contributed by atoms with E-state index < -0.39 is 42.0 Å². The molecule has 1 amide bonds. The lowest BCUT2D eigenvalue weighted by molar-refractivity contribution is -0.365. The predicted octanol–water partition coefficient (Wildman–Crippen LogP) is 2.35. The highest BCUT2D eigenvalue weighted by Crippen LogP contribution is 2.50. The molecule has 2 atom stereocenters. The highest BCUT2D eigenvalue weighted by atomic mass is 19.4. The van der Waals surface area contributed by atoms with Gasteiger partial charge in [-0.3, -0.25) is 0 Å². The molecule has 0 fully saturated rings. The number of hydrogen-bond acceptors (Lipinski definition) is 4. The first-order valence-electron chi connectivity index (χ1n) is 5.48. The van der Waals surface area contributed by atoms with Crippen LogP contribution in [0.5, 0.6) is 0 Å². The molecule has 12 heteroatoms. The molecule has 1 N–H and O–H groups in total. The number of nitrogens with one attached hydrogen (secondary N) is 1. The molecule has 0 saturated carbocycles. The Balaban J connectivity index is 5.66. The third-order valence-electron chi connectivity index (χ3n) is 2.76. The minimum Gasteiger partial charge on any atom is -0.467 e. The van der Waals surface area contributed by atoms with E-state index in [0.29, 0.717) is 7.11 Å². The molecular weight excluding hydrogens is 331 g/mol. The largest absolute Gasteiger partial charge is 0.467 e. The number of hydrogen-bond donors (Lipinski definition) is 1. The Labute approximate surface area is 119 Å². The van der Waals surface area contributed by atoms with E-state index in [1.165, 1.54) is 5.32 Å². The lowest BCUT2D eigenvalue weighted by Gasteiger charge is -2.35. The zero-order chi connectivity index (χ0) is 17.9. The number of esters is 1. The zero-order valence-corrected chi connectivity index (χ0v) is 11.4. The van der Waals surface area contributed by atoms with Crippen molar-refractivity contribution in [2.75, 3.05) is 14.2 Å². The van der Waals surface area contributed by atoms with Crippen LogP contribution in [0.25, 0.3) is 0 Å². The van der Waals surface area contributed by atoms with E-state index in [4.69, 9.17) is 0 Å². The fourth-order valence-electron chi connectivity index (χ4n) is 1.39. The van der Waals surface area contributed by atoms with Crippen LogP contribution in [-0.4, -0.2) is 50.3 Å². The van der Waals surface area contributed by atoms with E-state index in [1.54, 1.807) is 0 Å². The van der Waals surface area contributed by atoms with Crippen LogP contribution in [0.1, 0.15) is 6.92 Å². The second-order valence-corrected chi connectivity index (χ2v) is 4.12. The van der Waals surface area contributed by atoms with Gasteiger partial charge in [-0.25, -0.2) is 9.59 Å². The van der Waals surface area contributed by atoms with Gasteiger partial charge in [0.25, 0.3) is 0 Å². The maximum Gasteiger partial charge on any atom is 0.459 e. The van der Waals surface area contributed by atoms with Crippen molar-refractivity contribution < 1.29 is 49.8 Å². The number of ether oxygens (including phenoxy) is 2. The van der Waals surface area contributed by atoms with E-state index in [0.717, 1.165) is 7.11 Å². The first kappa shape index (κ1) is 20.2. The summed E-state index contributed by atoms with van der Waals surface area (Å²) in [6.07, 6.45) is -8.05. The van der Waals surface area contributed by atoms with Gasteiger partial charge in [-0.05, 0) is 0 Å². The Bertz CT molecular complexity index is 424. The topological polar surface area (TPSA) is 64.6 Å². The molecule has 0 radical (unpaired) electrons. The van der Waals surface area contributed by atoms with Gasteiger partial charge in [-0.2, -0.15) is 30.7 Å². The highest BCUT2D eigenvalue weighted by molar-refractivity contribution is 5.81. The fraction of sp³-hybridized carbons (Fsp3) is 0.800. The molecule has 130 valence electrons. The molecule has 0 aromatic rings. The second-order valence-electron chi connectivity index (χ2n) is 4.12. The van der Waals surface area contributed by atoms with Gasteiger partial charge in [0, 0.05) is 0 Å². The molecule has 22 heavy (non-hydrogen) atoms. The Morgan fingerprint density at radius 1 is 0.955 bits per heavy atom. The molecule has 0 aromatic heterocycles. The number of alkyl halides is 7. The predicted molar refractivity (Wildman–Crippen MR) is 56.5 cm³/mol. The van der Waals surface area contributed by atoms with Crippen molar-refractivity contribution in [2.24, 2.45) is 5.92 Å². The first-order valence-corrected chi connectivity index (χ1v) is 5.48. The van der Waals surface area contributed by atoms with E-state index >= 15 is 0 Å². The second kappa shape index (κ2) is 6.57. The van der Waals surface area contributed by atoms with Crippen molar-refractivity contribution in [2.45, 2.75) is 31.0 Å². The summed E-state index contributed by atoms with van der Waals surface area (Å²) < 4.78 is 97.2. The molecule has 0 aromatic carbocycles. The standard InChI is InChI=1S/C10H12F7NO4/c1-4(5(6(19)21-2)18-7(20)22-3)8(11,12)9(13,14)10(15,16)17/h4-5H,1-3H3,(H,18,20). The van der Waals surface area contributed by atoms with E-state index in [-0.39, 0.29) is 6.92 Å². The Hall–Kier alpha value is -1.75. The Morgan fingerprint density at radius 3 is 1.73 bits per heavy atom. The zero-order valence-electron chi connectivity index (χ0n) is 11.4. The number of rotatable bonds is 5. The smallest absolute Gasteiger partial charge is 0.459 e. The van der Waals surface area contributed by atoms with E-state index in [1.807, 2.05) is 0 Å². The van der Waals surface area contributed by atoms with Gasteiger partial charge in [-0.15, -0.1) is 0 Å². The summed E-state index contributed by atoms with van der Waals surface area (Å²) in [5.74, 6) is -16.7. The van der Waals surface area contributed by atoms with Gasteiger partial charge in [0.1, 0.15) is 6.04 Å². The molecule has 0 saturated heterocycles. The van der Waals surface area contributed by atoms with Gasteiger partial charge in [0.15, 0.2) is 0 Å². The van der Waals surface area contributed by atoms with Crippen LogP contribution in [0.15, 0.2) is 0 Å². The van der Waals surface area contributed by atoms with Crippen LogP contribution in [0, 0.1) is 5.92 Å². The summed E-state index contributed by atoms with van der Waals surface area (Å²) >= 11 is 0. The van der Waals surface area contributed by atoms with Gasteiger partial charge >= 0.3 is 30.1 Å². The maximum absolute atomic E-state index is 13.5. The van der Waals surface area contributed by atoms with Crippen molar-refractivity contribution in [1.82, 2.24) is 5.32 Å². The number of carbonyl (C=O) groups is 2. The molecule has 0 bridgehead atoms. The van der Waals surface area contributed by atoms with Crippen molar-refractivity contribution in [3.05, 3.63) is 0 Å². The van der Waals surface area contributed by atoms with Crippen LogP contribution in [0.2, 0.25) is 0 Å². The molecule has 0 spiro atoms. The van der Waals surface area contributed by atoms with Crippen LogP contribution in [0.4, 0.5) is 35.5 Å². The molecule has 2 unspecified atom stereocenters. The Morgan fingerprint density at radius 2 is 1.41 bits per heavy atom. The normalized spacial score (nSPS) is 15.7. The summed E-state index contributed by atoms with van der Waals surface area (Å²) in [4.78, 5) is 22.2. The van der Waals surface area contributed by atoms with E-state index in [9.17, 15) is 40.3 Å². The molecule has 0 aliphatic carbocycles. The lowest BCUT2D eigenvalue weighted by Crippen LogP contribution is -2.61. The van der Waals surface area contributed by atoms with E-state index in [2.05, 4.69) is 9.47 Å². The number of amides is 1. The molecule has 0 rings (SSSR count). The minimum absolute atomic E-state index is 0.233. The summed E-state index contributed by atoms with van der Waals surface area (Å²) in [6.45, 7) is 0.233. The summed E-state index contributed by atoms with van der Waals surface area (Å²) in [5.41, 5.74) is 0. The maximum atomic E-state index is 13.5. The minimum atomic E-state index is -6.56. The van der Waals surface area contributed by atoms with Crippen LogP contribution in [0.3, 0.4) is 0 Å². The number of alkyl carbamates (subject to hydrolysis) is 1. The average Bonchev–Trinajstić information content (AvgIpc) is 2.41. The Kier molecular flexibility index (Phi) is 6.04. The summed E-state index contributed by atoms with van der Waals surface area (Å²) in [6, 6.07) is -2.49. The monoisotopic (exact) mass is 343 g/mol. The van der Waals surface area contributed by atoms with Gasteiger partial charge in [0.2, 0.25) is 0 Å². The molecule has 0 aliphatic heterocycles. The third-order valence-corrected chi connectivity index (χ3v) is 2.76. The third kappa shape index (κ3) is 3.71. The molecule has 5 nitrogen and oxygen atoms in total. The highest BCUT2D eigenvalue weighted by Gasteiger charge is 2.75. The molecule has 0 heterocycles. The lowest BCUT2D eigenvalue weighted by atomic mass is 9.90. The first-order chi connectivity index (χ1) is 9.73. The number of carbonyl (C=O) groups excluding carboxylic acids is 2. The van der Waals surface area contributed by atoms with Crippen molar-refractivity contribution in [3.8, 4) is 0 Å². The number of halogens is 7. The van der Waals surface area contributed by atoms with Crippen LogP contribution >= 0.6 is 0 Å². The summed E-state index contributed by atoms with van der Waals surface area (Å²) in [7, 11) is 1.43.